The van der Waals surface area contributed by atoms with Crippen LogP contribution in [0.2, 0.25) is 0 Å². The first kappa shape index (κ1) is 11.2. The van der Waals surface area contributed by atoms with E-state index in [4.69, 9.17) is 9.47 Å². The van der Waals surface area contributed by atoms with Gasteiger partial charge in [0, 0.05) is 19.0 Å². The Labute approximate surface area is 102 Å². The lowest BCUT2D eigenvalue weighted by Crippen LogP contribution is -2.40. The van der Waals surface area contributed by atoms with E-state index in [1.165, 1.54) is 11.1 Å². The van der Waals surface area contributed by atoms with Gasteiger partial charge in [0.25, 0.3) is 0 Å². The number of likely N-dealkylation sites (N-methyl/N-ethyl adjacent to an activating group) is 1. The SMILES string of the molecule is CCN1CCc2ccccc2C1CC1OCO1. The first-order valence-corrected chi connectivity index (χ1v) is 6.43. The van der Waals surface area contributed by atoms with Crippen molar-refractivity contribution in [1.82, 2.24) is 4.90 Å². The molecule has 2 aliphatic rings. The summed E-state index contributed by atoms with van der Waals surface area (Å²) in [5.41, 5.74) is 2.95. The van der Waals surface area contributed by atoms with Gasteiger partial charge in [-0.05, 0) is 24.1 Å². The highest BCUT2D eigenvalue weighted by molar-refractivity contribution is 5.32. The largest absolute Gasteiger partial charge is 0.326 e. The molecule has 1 aromatic carbocycles. The minimum atomic E-state index is 0.000191. The first-order chi connectivity index (χ1) is 8.38. The van der Waals surface area contributed by atoms with Crippen molar-refractivity contribution >= 4 is 0 Å². The monoisotopic (exact) mass is 233 g/mol. The molecule has 1 unspecified atom stereocenters. The average molecular weight is 233 g/mol. The van der Waals surface area contributed by atoms with Crippen molar-refractivity contribution in [3.8, 4) is 0 Å². The molecule has 0 radical (unpaired) electrons. The van der Waals surface area contributed by atoms with Crippen LogP contribution in [0.25, 0.3) is 0 Å². The molecule has 0 aliphatic carbocycles. The lowest BCUT2D eigenvalue weighted by Gasteiger charge is -2.40. The second-order valence-electron chi connectivity index (χ2n) is 4.71. The van der Waals surface area contributed by atoms with Crippen LogP contribution in [0.4, 0.5) is 0 Å². The van der Waals surface area contributed by atoms with Crippen LogP contribution in [0, 0.1) is 0 Å². The van der Waals surface area contributed by atoms with Gasteiger partial charge in [0.1, 0.15) is 0 Å². The van der Waals surface area contributed by atoms with Crippen LogP contribution in [0.3, 0.4) is 0 Å². The molecule has 0 bridgehead atoms. The second-order valence-corrected chi connectivity index (χ2v) is 4.71. The third kappa shape index (κ3) is 2.10. The van der Waals surface area contributed by atoms with Gasteiger partial charge in [0.15, 0.2) is 13.1 Å². The maximum absolute atomic E-state index is 5.39. The summed E-state index contributed by atoms with van der Waals surface area (Å²) in [7, 11) is 0. The molecule has 0 spiro atoms. The number of nitrogens with zero attached hydrogens (tertiary/aromatic N) is 1. The molecule has 0 aromatic heterocycles. The van der Waals surface area contributed by atoms with Crippen LogP contribution in [-0.4, -0.2) is 31.1 Å². The van der Waals surface area contributed by atoms with Crippen LogP contribution < -0.4 is 0 Å². The second kappa shape index (κ2) is 4.77. The Kier molecular flexibility index (Phi) is 3.14. The molecule has 2 heterocycles. The molecule has 1 atom stereocenters. The van der Waals surface area contributed by atoms with Crippen molar-refractivity contribution in [2.24, 2.45) is 0 Å². The van der Waals surface area contributed by atoms with E-state index < -0.39 is 0 Å². The van der Waals surface area contributed by atoms with E-state index in [1.807, 2.05) is 0 Å². The van der Waals surface area contributed by atoms with E-state index in [2.05, 4.69) is 36.1 Å². The van der Waals surface area contributed by atoms with Gasteiger partial charge in [-0.2, -0.15) is 0 Å². The first-order valence-electron chi connectivity index (χ1n) is 6.43. The summed E-state index contributed by atoms with van der Waals surface area (Å²) >= 11 is 0. The Morgan fingerprint density at radius 2 is 2.12 bits per heavy atom. The summed E-state index contributed by atoms with van der Waals surface area (Å²) in [5, 5.41) is 0. The Hall–Kier alpha value is -0.900. The maximum atomic E-state index is 5.39. The molecule has 1 fully saturated rings. The van der Waals surface area contributed by atoms with Gasteiger partial charge in [-0.1, -0.05) is 31.2 Å². The third-order valence-corrected chi connectivity index (χ3v) is 3.85. The number of hydrogen-bond donors (Lipinski definition) is 0. The fraction of sp³-hybridized carbons (Fsp3) is 0.571. The van der Waals surface area contributed by atoms with E-state index >= 15 is 0 Å². The van der Waals surface area contributed by atoms with Crippen molar-refractivity contribution in [2.45, 2.75) is 32.1 Å². The highest BCUT2D eigenvalue weighted by Gasteiger charge is 2.31. The van der Waals surface area contributed by atoms with E-state index in [-0.39, 0.29) is 6.29 Å². The molecule has 1 aromatic rings. The zero-order valence-corrected chi connectivity index (χ0v) is 10.3. The lowest BCUT2D eigenvalue weighted by atomic mass is 9.90. The predicted molar refractivity (Wildman–Crippen MR) is 65.6 cm³/mol. The van der Waals surface area contributed by atoms with Gasteiger partial charge in [-0.3, -0.25) is 4.90 Å². The number of benzene rings is 1. The van der Waals surface area contributed by atoms with E-state index in [0.29, 0.717) is 12.8 Å². The molecule has 2 aliphatic heterocycles. The van der Waals surface area contributed by atoms with Crippen LogP contribution in [0.1, 0.15) is 30.5 Å². The summed E-state index contributed by atoms with van der Waals surface area (Å²) in [6, 6.07) is 9.22. The number of hydrogen-bond acceptors (Lipinski definition) is 3. The number of ether oxygens (including phenoxy) is 2. The zero-order chi connectivity index (χ0) is 11.7. The van der Waals surface area contributed by atoms with Crippen molar-refractivity contribution in [3.05, 3.63) is 35.4 Å². The highest BCUT2D eigenvalue weighted by Crippen LogP contribution is 2.34. The fourth-order valence-electron chi connectivity index (χ4n) is 2.84. The van der Waals surface area contributed by atoms with Gasteiger partial charge in [0.2, 0.25) is 0 Å². The Morgan fingerprint density at radius 3 is 2.82 bits per heavy atom. The minimum Gasteiger partial charge on any atom is -0.326 e. The smallest absolute Gasteiger partial charge is 0.165 e. The van der Waals surface area contributed by atoms with Gasteiger partial charge >= 0.3 is 0 Å². The zero-order valence-electron chi connectivity index (χ0n) is 10.3. The molecule has 3 heteroatoms. The maximum Gasteiger partial charge on any atom is 0.165 e. The molecule has 0 N–H and O–H groups in total. The molecule has 0 saturated carbocycles. The lowest BCUT2D eigenvalue weighted by molar-refractivity contribution is -0.325. The van der Waals surface area contributed by atoms with Crippen LogP contribution in [0.5, 0.6) is 0 Å². The quantitative estimate of drug-likeness (QED) is 0.799. The number of rotatable bonds is 3. The highest BCUT2D eigenvalue weighted by atomic mass is 16.8. The van der Waals surface area contributed by atoms with Crippen LogP contribution >= 0.6 is 0 Å². The fourth-order valence-corrected chi connectivity index (χ4v) is 2.84. The van der Waals surface area contributed by atoms with Gasteiger partial charge in [-0.15, -0.1) is 0 Å². The molecule has 1 saturated heterocycles. The minimum absolute atomic E-state index is 0.000191. The van der Waals surface area contributed by atoms with Crippen molar-refractivity contribution in [1.29, 1.82) is 0 Å². The Morgan fingerprint density at radius 1 is 1.29 bits per heavy atom. The van der Waals surface area contributed by atoms with Gasteiger partial charge in [-0.25, -0.2) is 0 Å². The van der Waals surface area contributed by atoms with E-state index in [1.54, 1.807) is 0 Å². The number of fused-ring (bicyclic) bond motifs is 1. The van der Waals surface area contributed by atoms with Crippen molar-refractivity contribution < 1.29 is 9.47 Å². The third-order valence-electron chi connectivity index (χ3n) is 3.85. The molecular formula is C14H19NO2. The summed E-state index contributed by atoms with van der Waals surface area (Å²) in [5.74, 6) is 0. The molecule has 3 nitrogen and oxygen atoms in total. The van der Waals surface area contributed by atoms with Gasteiger partial charge in [0.05, 0.1) is 0 Å². The summed E-state index contributed by atoms with van der Waals surface area (Å²) in [6.45, 7) is 4.92. The van der Waals surface area contributed by atoms with E-state index in [9.17, 15) is 0 Å². The van der Waals surface area contributed by atoms with Gasteiger partial charge < -0.3 is 9.47 Å². The molecule has 17 heavy (non-hydrogen) atoms. The molecule has 0 amide bonds. The summed E-state index contributed by atoms with van der Waals surface area (Å²) in [6.07, 6.45) is 2.11. The van der Waals surface area contributed by atoms with Crippen molar-refractivity contribution in [3.63, 3.8) is 0 Å². The topological polar surface area (TPSA) is 21.7 Å². The molecule has 92 valence electrons. The standard InChI is InChI=1S/C14H19NO2/c1-2-15-8-7-11-5-3-4-6-12(11)13(15)9-14-16-10-17-14/h3-6,13-14H,2,7-10H2,1H3. The van der Waals surface area contributed by atoms with Crippen molar-refractivity contribution in [2.75, 3.05) is 19.9 Å². The average Bonchev–Trinajstić information content (AvgIpc) is 2.33. The van der Waals surface area contributed by atoms with E-state index in [0.717, 1.165) is 25.9 Å². The summed E-state index contributed by atoms with van der Waals surface area (Å²) < 4.78 is 10.8. The summed E-state index contributed by atoms with van der Waals surface area (Å²) in [4.78, 5) is 2.52. The molecule has 3 rings (SSSR count). The van der Waals surface area contributed by atoms with Crippen LogP contribution in [0.15, 0.2) is 24.3 Å². The van der Waals surface area contributed by atoms with Crippen LogP contribution in [-0.2, 0) is 15.9 Å². The predicted octanol–water partition coefficient (Wildman–Crippen LogP) is 2.33. The Balaban J connectivity index is 1.84. The normalized spacial score (nSPS) is 25.4. The Bertz CT molecular complexity index is 390. The molecular weight excluding hydrogens is 214 g/mol.